The maximum atomic E-state index is 12.8. The van der Waals surface area contributed by atoms with E-state index >= 15 is 0 Å². The molecule has 7 heteroatoms. The molecule has 1 amide bonds. The van der Waals surface area contributed by atoms with Gasteiger partial charge in [-0.15, -0.1) is 0 Å². The first-order valence-corrected chi connectivity index (χ1v) is 10.5. The molecule has 1 aromatic rings. The molecule has 1 atom stereocenters. The van der Waals surface area contributed by atoms with Crippen LogP contribution < -0.4 is 4.74 Å². The molecule has 27 heavy (non-hydrogen) atoms. The van der Waals surface area contributed by atoms with Crippen LogP contribution in [0.1, 0.15) is 48.9 Å². The van der Waals surface area contributed by atoms with Gasteiger partial charge in [0, 0.05) is 44.8 Å². The van der Waals surface area contributed by atoms with Crippen LogP contribution in [-0.2, 0) is 4.74 Å². The number of amides is 1. The fourth-order valence-corrected chi connectivity index (χ4v) is 4.52. The molecule has 6 nitrogen and oxygen atoms in total. The standard InChI is InChI=1S/C20H28ClN3O3/c21-18-12-15(13-22-19(18)27-17-6-11-26-14-17)20(25)24-9-7-23(8-10-24)16-4-2-1-3-5-16/h12-13,16-17H,1-11,14H2. The molecule has 1 aromatic heterocycles. The normalized spacial score (nSPS) is 24.9. The summed E-state index contributed by atoms with van der Waals surface area (Å²) in [5, 5.41) is 0.383. The van der Waals surface area contributed by atoms with Crippen molar-refractivity contribution >= 4 is 17.5 Å². The molecule has 0 radical (unpaired) electrons. The van der Waals surface area contributed by atoms with Gasteiger partial charge in [-0.1, -0.05) is 30.9 Å². The zero-order valence-electron chi connectivity index (χ0n) is 15.7. The fourth-order valence-electron chi connectivity index (χ4n) is 4.31. The molecule has 1 unspecified atom stereocenters. The maximum absolute atomic E-state index is 12.8. The van der Waals surface area contributed by atoms with E-state index in [1.165, 1.54) is 32.1 Å². The summed E-state index contributed by atoms with van der Waals surface area (Å²) in [5.41, 5.74) is 0.529. The first-order valence-electron chi connectivity index (χ1n) is 10.1. The number of aromatic nitrogens is 1. The Morgan fingerprint density at radius 1 is 1.15 bits per heavy atom. The molecule has 0 aromatic carbocycles. The number of carbonyl (C=O) groups excluding carboxylic acids is 1. The van der Waals surface area contributed by atoms with Crippen molar-refractivity contribution in [3.63, 3.8) is 0 Å². The molecule has 3 fully saturated rings. The number of rotatable bonds is 4. The van der Waals surface area contributed by atoms with Gasteiger partial charge < -0.3 is 14.4 Å². The predicted octanol–water partition coefficient (Wildman–Crippen LogP) is 2.99. The minimum Gasteiger partial charge on any atom is -0.471 e. The number of piperazine rings is 1. The Kier molecular flexibility index (Phi) is 6.15. The van der Waals surface area contributed by atoms with E-state index < -0.39 is 0 Å². The summed E-state index contributed by atoms with van der Waals surface area (Å²) < 4.78 is 11.1. The molecule has 0 spiro atoms. The Hall–Kier alpha value is -1.37. The van der Waals surface area contributed by atoms with Gasteiger partial charge in [0.15, 0.2) is 0 Å². The first kappa shape index (κ1) is 19.0. The van der Waals surface area contributed by atoms with E-state index in [1.807, 2.05) is 4.90 Å². The highest BCUT2D eigenvalue weighted by Crippen LogP contribution is 2.27. The van der Waals surface area contributed by atoms with Crippen molar-refractivity contribution in [2.75, 3.05) is 39.4 Å². The van der Waals surface area contributed by atoms with Gasteiger partial charge in [-0.05, 0) is 18.9 Å². The van der Waals surface area contributed by atoms with E-state index in [2.05, 4.69) is 9.88 Å². The Morgan fingerprint density at radius 3 is 2.59 bits per heavy atom. The third-order valence-corrected chi connectivity index (χ3v) is 6.18. The molecule has 0 bridgehead atoms. The van der Waals surface area contributed by atoms with Crippen LogP contribution in [-0.4, -0.2) is 72.2 Å². The Bertz CT molecular complexity index is 652. The van der Waals surface area contributed by atoms with E-state index in [1.54, 1.807) is 12.3 Å². The summed E-state index contributed by atoms with van der Waals surface area (Å²) in [6, 6.07) is 2.39. The Morgan fingerprint density at radius 2 is 1.93 bits per heavy atom. The van der Waals surface area contributed by atoms with E-state index in [-0.39, 0.29) is 12.0 Å². The van der Waals surface area contributed by atoms with Crippen molar-refractivity contribution in [2.24, 2.45) is 0 Å². The van der Waals surface area contributed by atoms with Crippen molar-refractivity contribution in [3.8, 4) is 5.88 Å². The van der Waals surface area contributed by atoms with Crippen LogP contribution in [0.5, 0.6) is 5.88 Å². The van der Waals surface area contributed by atoms with Gasteiger partial charge in [0.25, 0.3) is 5.91 Å². The van der Waals surface area contributed by atoms with Gasteiger partial charge in [-0.25, -0.2) is 4.98 Å². The summed E-state index contributed by atoms with van der Waals surface area (Å²) in [6.45, 7) is 4.71. The van der Waals surface area contributed by atoms with Crippen LogP contribution in [0, 0.1) is 0 Å². The summed E-state index contributed by atoms with van der Waals surface area (Å²) in [7, 11) is 0. The average Bonchev–Trinajstić information content (AvgIpc) is 3.23. The van der Waals surface area contributed by atoms with Crippen molar-refractivity contribution < 1.29 is 14.3 Å². The van der Waals surface area contributed by atoms with Crippen molar-refractivity contribution in [2.45, 2.75) is 50.7 Å². The molecule has 1 saturated carbocycles. The van der Waals surface area contributed by atoms with E-state index in [0.717, 1.165) is 32.6 Å². The highest BCUT2D eigenvalue weighted by Gasteiger charge is 2.28. The van der Waals surface area contributed by atoms with E-state index in [0.29, 0.717) is 35.7 Å². The molecule has 1 aliphatic carbocycles. The molecular weight excluding hydrogens is 366 g/mol. The Balaban J connectivity index is 1.33. The van der Waals surface area contributed by atoms with Crippen LogP contribution in [0.25, 0.3) is 0 Å². The molecule has 3 aliphatic rings. The quantitative estimate of drug-likeness (QED) is 0.787. The zero-order chi connectivity index (χ0) is 18.6. The molecule has 2 aliphatic heterocycles. The second-order valence-corrected chi connectivity index (χ2v) is 8.14. The highest BCUT2D eigenvalue weighted by atomic mass is 35.5. The largest absolute Gasteiger partial charge is 0.471 e. The van der Waals surface area contributed by atoms with Gasteiger partial charge in [0.2, 0.25) is 5.88 Å². The lowest BCUT2D eigenvalue weighted by molar-refractivity contribution is 0.0523. The van der Waals surface area contributed by atoms with Gasteiger partial charge in [0.05, 0.1) is 18.8 Å². The lowest BCUT2D eigenvalue weighted by Crippen LogP contribution is -2.52. The minimum absolute atomic E-state index is 0.00319. The van der Waals surface area contributed by atoms with Gasteiger partial charge in [-0.3, -0.25) is 9.69 Å². The van der Waals surface area contributed by atoms with Crippen molar-refractivity contribution in [3.05, 3.63) is 22.8 Å². The lowest BCUT2D eigenvalue weighted by atomic mass is 9.94. The number of hydrogen-bond acceptors (Lipinski definition) is 5. The number of hydrogen-bond donors (Lipinski definition) is 0. The molecule has 148 valence electrons. The zero-order valence-corrected chi connectivity index (χ0v) is 16.5. The molecular formula is C20H28ClN3O3. The summed E-state index contributed by atoms with van der Waals surface area (Å²) in [4.78, 5) is 21.6. The van der Waals surface area contributed by atoms with Crippen LogP contribution in [0.2, 0.25) is 5.02 Å². The van der Waals surface area contributed by atoms with Gasteiger partial charge in [-0.2, -0.15) is 0 Å². The van der Waals surface area contributed by atoms with Gasteiger partial charge in [0.1, 0.15) is 11.1 Å². The number of halogens is 1. The molecule has 4 rings (SSSR count). The molecule has 0 N–H and O–H groups in total. The van der Waals surface area contributed by atoms with Crippen LogP contribution in [0.3, 0.4) is 0 Å². The summed E-state index contributed by atoms with van der Waals surface area (Å²) in [5.74, 6) is 0.384. The van der Waals surface area contributed by atoms with Crippen LogP contribution in [0.4, 0.5) is 0 Å². The first-order chi connectivity index (χ1) is 13.2. The smallest absolute Gasteiger partial charge is 0.255 e. The van der Waals surface area contributed by atoms with E-state index in [9.17, 15) is 4.79 Å². The Labute approximate surface area is 165 Å². The average molecular weight is 394 g/mol. The maximum Gasteiger partial charge on any atom is 0.255 e. The number of ether oxygens (including phenoxy) is 2. The minimum atomic E-state index is -0.00980. The third kappa shape index (κ3) is 4.55. The SMILES string of the molecule is O=C(c1cnc(OC2CCOC2)c(Cl)c1)N1CCN(C2CCCCC2)CC1. The second kappa shape index (κ2) is 8.76. The van der Waals surface area contributed by atoms with Crippen LogP contribution >= 0.6 is 11.6 Å². The molecule has 2 saturated heterocycles. The fraction of sp³-hybridized carbons (Fsp3) is 0.700. The predicted molar refractivity (Wildman–Crippen MR) is 103 cm³/mol. The number of pyridine rings is 1. The molecule has 3 heterocycles. The third-order valence-electron chi connectivity index (χ3n) is 5.91. The number of carbonyl (C=O) groups is 1. The summed E-state index contributed by atoms with van der Waals surface area (Å²) in [6.07, 6.45) is 9.07. The lowest BCUT2D eigenvalue weighted by Gasteiger charge is -2.40. The van der Waals surface area contributed by atoms with Gasteiger partial charge >= 0.3 is 0 Å². The topological polar surface area (TPSA) is 54.9 Å². The summed E-state index contributed by atoms with van der Waals surface area (Å²) >= 11 is 6.31. The highest BCUT2D eigenvalue weighted by molar-refractivity contribution is 6.32. The van der Waals surface area contributed by atoms with Crippen LogP contribution in [0.15, 0.2) is 12.3 Å². The van der Waals surface area contributed by atoms with Crippen molar-refractivity contribution in [1.82, 2.24) is 14.8 Å². The van der Waals surface area contributed by atoms with Crippen molar-refractivity contribution in [1.29, 1.82) is 0 Å². The monoisotopic (exact) mass is 393 g/mol. The number of nitrogens with zero attached hydrogens (tertiary/aromatic N) is 3. The second-order valence-electron chi connectivity index (χ2n) is 7.73. The van der Waals surface area contributed by atoms with E-state index in [4.69, 9.17) is 21.1 Å².